The minimum absolute atomic E-state index is 0.0588. The van der Waals surface area contributed by atoms with Gasteiger partial charge in [-0.3, -0.25) is 0 Å². The van der Waals surface area contributed by atoms with Crippen LogP contribution in [-0.2, 0) is 11.2 Å². The minimum atomic E-state index is -0.205. The molecule has 1 fully saturated rings. The summed E-state index contributed by atoms with van der Waals surface area (Å²) in [7, 11) is 0. The second-order valence-corrected chi connectivity index (χ2v) is 5.92. The van der Waals surface area contributed by atoms with Gasteiger partial charge in [-0.1, -0.05) is 6.92 Å². The molecule has 1 aromatic carbocycles. The van der Waals surface area contributed by atoms with Gasteiger partial charge in [0.05, 0.1) is 6.10 Å². The van der Waals surface area contributed by atoms with Gasteiger partial charge in [0.25, 0.3) is 0 Å². The molecule has 0 bridgehead atoms. The van der Waals surface area contributed by atoms with Crippen molar-refractivity contribution in [1.82, 2.24) is 4.57 Å². The van der Waals surface area contributed by atoms with Crippen LogP contribution in [0.1, 0.15) is 31.5 Å². The van der Waals surface area contributed by atoms with E-state index in [-0.39, 0.29) is 11.4 Å². The molecule has 2 aliphatic rings. The lowest BCUT2D eigenvalue weighted by molar-refractivity contribution is 0.318. The van der Waals surface area contributed by atoms with Crippen LogP contribution in [0.2, 0.25) is 0 Å². The highest BCUT2D eigenvalue weighted by Gasteiger charge is 2.56. The summed E-state index contributed by atoms with van der Waals surface area (Å²) in [5, 5.41) is 0. The van der Waals surface area contributed by atoms with E-state index in [0.717, 1.165) is 18.5 Å². The van der Waals surface area contributed by atoms with Crippen LogP contribution in [0.3, 0.4) is 0 Å². The Kier molecular flexibility index (Phi) is 4.63. The van der Waals surface area contributed by atoms with E-state index in [9.17, 15) is 4.39 Å². The number of epoxide rings is 1. The summed E-state index contributed by atoms with van der Waals surface area (Å²) >= 11 is 6.44. The van der Waals surface area contributed by atoms with E-state index in [1.54, 1.807) is 0 Å². The summed E-state index contributed by atoms with van der Waals surface area (Å²) in [5.41, 5.74) is 4.80. The highest BCUT2D eigenvalue weighted by molar-refractivity contribution is 8.59. The van der Waals surface area contributed by atoms with Crippen LogP contribution in [-0.4, -0.2) is 16.3 Å². The summed E-state index contributed by atoms with van der Waals surface area (Å²) in [6.07, 6.45) is 6.57. The zero-order valence-electron chi connectivity index (χ0n) is 13.2. The normalized spacial score (nSPS) is 24.6. The molecule has 1 spiro atoms. The number of fused-ring (bicyclic) bond motifs is 1. The Morgan fingerprint density at radius 3 is 2.48 bits per heavy atom. The first-order valence-electron chi connectivity index (χ1n) is 7.69. The molecule has 1 aliphatic heterocycles. The van der Waals surface area contributed by atoms with Crippen molar-refractivity contribution in [2.24, 2.45) is 0 Å². The van der Waals surface area contributed by atoms with Crippen LogP contribution in [0.4, 0.5) is 4.39 Å². The molecular formula is C18H20FNOS2. The molecule has 2 heterocycles. The van der Waals surface area contributed by atoms with Crippen LogP contribution >= 0.6 is 23.3 Å². The van der Waals surface area contributed by atoms with Crippen molar-refractivity contribution in [2.75, 3.05) is 0 Å². The van der Waals surface area contributed by atoms with Gasteiger partial charge in [0.2, 0.25) is 0 Å². The Morgan fingerprint density at radius 2 is 1.91 bits per heavy atom. The first kappa shape index (κ1) is 16.7. The van der Waals surface area contributed by atoms with Gasteiger partial charge in [-0.05, 0) is 60.9 Å². The number of hydrogen-bond donors (Lipinski definition) is 2. The third kappa shape index (κ3) is 2.75. The fraction of sp³-hybridized carbons (Fsp3) is 0.333. The molecule has 0 radical (unpaired) electrons. The number of halogens is 1. The van der Waals surface area contributed by atoms with E-state index in [4.69, 9.17) is 4.74 Å². The molecular weight excluding hydrogens is 329 g/mol. The number of hydrogen-bond acceptors (Lipinski definition) is 3. The predicted molar refractivity (Wildman–Crippen MR) is 98.9 cm³/mol. The molecule has 1 saturated heterocycles. The number of rotatable bonds is 2. The molecule has 2 aromatic rings. The van der Waals surface area contributed by atoms with Crippen molar-refractivity contribution in [2.45, 2.75) is 38.4 Å². The lowest BCUT2D eigenvalue weighted by atomic mass is 9.82. The van der Waals surface area contributed by atoms with E-state index in [2.05, 4.69) is 60.1 Å². The van der Waals surface area contributed by atoms with Crippen molar-refractivity contribution < 1.29 is 9.13 Å². The van der Waals surface area contributed by atoms with E-state index in [1.807, 2.05) is 12.1 Å². The molecule has 2 atom stereocenters. The highest BCUT2D eigenvalue weighted by Crippen LogP contribution is 2.50. The lowest BCUT2D eigenvalue weighted by Gasteiger charge is -2.22. The number of benzene rings is 1. The van der Waals surface area contributed by atoms with Gasteiger partial charge in [-0.15, -0.1) is 23.3 Å². The Balaban J connectivity index is 0.000000753. The number of aromatic nitrogens is 1. The maximum atomic E-state index is 13.1. The van der Waals surface area contributed by atoms with Gasteiger partial charge < -0.3 is 9.30 Å². The molecule has 0 N–H and O–H groups in total. The summed E-state index contributed by atoms with van der Waals surface area (Å²) < 4.78 is 21.1. The molecule has 2 nitrogen and oxygen atoms in total. The molecule has 5 heteroatoms. The molecule has 4 rings (SSSR count). The SMILES string of the molecule is CCC1=Cc2c(ccn2-c2ccc(F)cc2)CC12OC2C.SS. The Bertz CT molecular complexity index is 738. The van der Waals surface area contributed by atoms with Crippen molar-refractivity contribution in [3.05, 3.63) is 59.2 Å². The van der Waals surface area contributed by atoms with Gasteiger partial charge in [0.1, 0.15) is 11.4 Å². The van der Waals surface area contributed by atoms with Crippen LogP contribution < -0.4 is 0 Å². The van der Waals surface area contributed by atoms with Crippen LogP contribution in [0.25, 0.3) is 11.8 Å². The monoisotopic (exact) mass is 349 g/mol. The van der Waals surface area contributed by atoms with Crippen molar-refractivity contribution in [3.8, 4) is 5.69 Å². The second kappa shape index (κ2) is 6.38. The largest absolute Gasteiger partial charge is 0.361 e. The summed E-state index contributed by atoms with van der Waals surface area (Å²) in [6.45, 7) is 4.32. The molecule has 2 unspecified atom stereocenters. The summed E-state index contributed by atoms with van der Waals surface area (Å²) in [6, 6.07) is 8.79. The zero-order valence-corrected chi connectivity index (χ0v) is 14.9. The third-order valence-electron chi connectivity index (χ3n) is 4.79. The van der Waals surface area contributed by atoms with Crippen LogP contribution in [0, 0.1) is 5.82 Å². The fourth-order valence-corrected chi connectivity index (χ4v) is 3.51. The number of thiol groups is 2. The standard InChI is InChI=1S/C18H18FNO.H2S2/c1-3-14-10-17-13(11-18(14)12(2)21-18)8-9-20(17)16-6-4-15(19)5-7-16;1-2/h4-10,12H,3,11H2,1-2H3;1-2H. The van der Waals surface area contributed by atoms with Gasteiger partial charge in [-0.25, -0.2) is 4.39 Å². The molecule has 23 heavy (non-hydrogen) atoms. The van der Waals surface area contributed by atoms with E-state index < -0.39 is 0 Å². The minimum Gasteiger partial charge on any atom is -0.361 e. The average molecular weight is 349 g/mol. The molecule has 0 saturated carbocycles. The molecule has 122 valence electrons. The zero-order chi connectivity index (χ0) is 16.6. The van der Waals surface area contributed by atoms with Crippen molar-refractivity contribution in [3.63, 3.8) is 0 Å². The number of ether oxygens (including phenoxy) is 1. The van der Waals surface area contributed by atoms with E-state index in [0.29, 0.717) is 6.10 Å². The van der Waals surface area contributed by atoms with E-state index in [1.165, 1.54) is 29.0 Å². The predicted octanol–water partition coefficient (Wildman–Crippen LogP) is 4.88. The smallest absolute Gasteiger partial charge is 0.123 e. The van der Waals surface area contributed by atoms with Gasteiger partial charge >= 0.3 is 0 Å². The quantitative estimate of drug-likeness (QED) is 0.449. The molecule has 1 aromatic heterocycles. The van der Waals surface area contributed by atoms with Crippen molar-refractivity contribution in [1.29, 1.82) is 0 Å². The number of nitrogens with zero attached hydrogens (tertiary/aromatic N) is 1. The highest BCUT2D eigenvalue weighted by atomic mass is 33.1. The van der Waals surface area contributed by atoms with Crippen molar-refractivity contribution >= 4 is 29.4 Å². The average Bonchev–Trinajstić information content (AvgIpc) is 3.03. The maximum absolute atomic E-state index is 13.1. The Morgan fingerprint density at radius 1 is 1.26 bits per heavy atom. The summed E-state index contributed by atoms with van der Waals surface area (Å²) in [5.74, 6) is -0.205. The third-order valence-corrected chi connectivity index (χ3v) is 4.79. The second-order valence-electron chi connectivity index (χ2n) is 5.92. The van der Waals surface area contributed by atoms with Gasteiger partial charge in [-0.2, -0.15) is 0 Å². The topological polar surface area (TPSA) is 17.5 Å². The molecule has 0 amide bonds. The van der Waals surface area contributed by atoms with Gasteiger partial charge in [0.15, 0.2) is 0 Å². The first-order valence-corrected chi connectivity index (χ1v) is 9.29. The van der Waals surface area contributed by atoms with E-state index >= 15 is 0 Å². The maximum Gasteiger partial charge on any atom is 0.123 e. The van der Waals surface area contributed by atoms with Gasteiger partial charge in [0, 0.05) is 24.0 Å². The Hall–Kier alpha value is -1.17. The molecule has 1 aliphatic carbocycles. The summed E-state index contributed by atoms with van der Waals surface area (Å²) in [4.78, 5) is 0. The first-order chi connectivity index (χ1) is 11.1. The lowest BCUT2D eigenvalue weighted by Crippen LogP contribution is -2.24. The van der Waals surface area contributed by atoms with Crippen LogP contribution in [0.15, 0.2) is 42.1 Å². The fourth-order valence-electron chi connectivity index (χ4n) is 3.51. The van der Waals surface area contributed by atoms with Crippen LogP contribution in [0.5, 0.6) is 0 Å². The Labute approximate surface area is 146 Å².